The number of aryl methyl sites for hydroxylation is 1. The van der Waals surface area contributed by atoms with Crippen LogP contribution >= 0.6 is 0 Å². The Balaban J connectivity index is 1.67. The van der Waals surface area contributed by atoms with E-state index in [1.807, 2.05) is 54.9 Å². The van der Waals surface area contributed by atoms with Gasteiger partial charge in [0.2, 0.25) is 0 Å². The lowest BCUT2D eigenvalue weighted by molar-refractivity contribution is 0.359. The number of benzene rings is 2. The van der Waals surface area contributed by atoms with E-state index in [-0.39, 0.29) is 0 Å². The molecule has 3 aromatic rings. The largest absolute Gasteiger partial charge is 0.497 e. The third-order valence-electron chi connectivity index (χ3n) is 5.20. The second-order valence-corrected chi connectivity index (χ2v) is 7.47. The molecule has 0 atom stereocenters. The highest BCUT2D eigenvalue weighted by atomic mass is 16.5. The molecule has 0 aliphatic rings. The number of nitrogens with one attached hydrogen (secondary N) is 2. The molecular formula is C25H32N6O2. The van der Waals surface area contributed by atoms with E-state index in [4.69, 9.17) is 14.5 Å². The summed E-state index contributed by atoms with van der Waals surface area (Å²) in [5, 5.41) is 15.1. The average Bonchev–Trinajstić information content (AvgIpc) is 3.17. The minimum Gasteiger partial charge on any atom is -0.497 e. The molecule has 1 aromatic heterocycles. The van der Waals surface area contributed by atoms with Crippen molar-refractivity contribution in [3.05, 3.63) is 84.0 Å². The molecule has 0 bridgehead atoms. The molecule has 0 aliphatic carbocycles. The molecule has 0 fully saturated rings. The first-order chi connectivity index (χ1) is 16.1. The Hall–Kier alpha value is -3.81. The van der Waals surface area contributed by atoms with Crippen LogP contribution in [0.1, 0.15) is 22.8 Å². The van der Waals surface area contributed by atoms with Gasteiger partial charge in [0.25, 0.3) is 0 Å². The van der Waals surface area contributed by atoms with Crippen LogP contribution in [0.4, 0.5) is 0 Å². The Kier molecular flexibility index (Phi) is 8.88. The third-order valence-corrected chi connectivity index (χ3v) is 5.20. The van der Waals surface area contributed by atoms with Crippen molar-refractivity contribution in [2.75, 3.05) is 20.3 Å². The van der Waals surface area contributed by atoms with Crippen LogP contribution in [0.2, 0.25) is 0 Å². The fourth-order valence-corrected chi connectivity index (χ4v) is 3.15. The first-order valence-corrected chi connectivity index (χ1v) is 10.9. The van der Waals surface area contributed by atoms with Crippen molar-refractivity contribution < 1.29 is 9.47 Å². The quantitative estimate of drug-likeness (QED) is 0.266. The molecule has 0 unspecified atom stereocenters. The van der Waals surface area contributed by atoms with Crippen LogP contribution in [0, 0.1) is 6.92 Å². The predicted molar refractivity (Wildman–Crippen MR) is 131 cm³/mol. The Bertz CT molecular complexity index is 1060. The van der Waals surface area contributed by atoms with Crippen LogP contribution in [0.15, 0.2) is 66.2 Å². The molecule has 2 N–H and O–H groups in total. The van der Waals surface area contributed by atoms with E-state index >= 15 is 0 Å². The normalized spacial score (nSPS) is 11.2. The van der Waals surface area contributed by atoms with Crippen molar-refractivity contribution in [3.8, 4) is 11.5 Å². The van der Waals surface area contributed by atoms with Crippen molar-refractivity contribution in [2.24, 2.45) is 12.0 Å². The molecule has 0 aliphatic heterocycles. The van der Waals surface area contributed by atoms with E-state index in [1.54, 1.807) is 13.2 Å². The van der Waals surface area contributed by atoms with Gasteiger partial charge < -0.3 is 24.7 Å². The summed E-state index contributed by atoms with van der Waals surface area (Å²) in [5.41, 5.74) is 2.22. The molecule has 1 heterocycles. The smallest absolute Gasteiger partial charge is 0.191 e. The lowest BCUT2D eigenvalue weighted by atomic mass is 10.1. The summed E-state index contributed by atoms with van der Waals surface area (Å²) >= 11 is 0. The molecular weight excluding hydrogens is 416 g/mol. The molecule has 33 heavy (non-hydrogen) atoms. The lowest BCUT2D eigenvalue weighted by Gasteiger charge is -2.14. The minimum absolute atomic E-state index is 0.456. The first-order valence-electron chi connectivity index (χ1n) is 10.9. The summed E-state index contributed by atoms with van der Waals surface area (Å²) in [6.45, 7) is 7.82. The zero-order valence-corrected chi connectivity index (χ0v) is 19.5. The SMILES string of the molecule is C=CCOc1ccccc1CN=C(NCCc1ccc(OC)cc1)NCc1nnc(C)n1C. The number of methoxy groups -OCH3 is 1. The van der Waals surface area contributed by atoms with Gasteiger partial charge in [-0.1, -0.05) is 43.0 Å². The predicted octanol–water partition coefficient (Wildman–Crippen LogP) is 3.18. The second-order valence-electron chi connectivity index (χ2n) is 7.47. The Morgan fingerprint density at radius 2 is 1.91 bits per heavy atom. The van der Waals surface area contributed by atoms with E-state index in [9.17, 15) is 0 Å². The van der Waals surface area contributed by atoms with Gasteiger partial charge >= 0.3 is 0 Å². The molecule has 0 spiro atoms. The highest BCUT2D eigenvalue weighted by molar-refractivity contribution is 5.79. The van der Waals surface area contributed by atoms with Crippen molar-refractivity contribution in [1.82, 2.24) is 25.4 Å². The summed E-state index contributed by atoms with van der Waals surface area (Å²) < 4.78 is 13.0. The van der Waals surface area contributed by atoms with Gasteiger partial charge in [-0.15, -0.1) is 10.2 Å². The van der Waals surface area contributed by atoms with Gasteiger partial charge in [-0.25, -0.2) is 4.99 Å². The fourth-order valence-electron chi connectivity index (χ4n) is 3.15. The van der Waals surface area contributed by atoms with E-state index in [2.05, 4.69) is 39.5 Å². The van der Waals surface area contributed by atoms with E-state index in [0.29, 0.717) is 25.7 Å². The number of aliphatic imine (C=N–C) groups is 1. The summed E-state index contributed by atoms with van der Waals surface area (Å²) in [7, 11) is 3.62. The minimum atomic E-state index is 0.456. The summed E-state index contributed by atoms with van der Waals surface area (Å²) in [6.07, 6.45) is 2.59. The maximum Gasteiger partial charge on any atom is 0.191 e. The lowest BCUT2D eigenvalue weighted by Crippen LogP contribution is -2.38. The van der Waals surface area contributed by atoms with Gasteiger partial charge in [0, 0.05) is 19.2 Å². The zero-order valence-electron chi connectivity index (χ0n) is 19.5. The summed E-state index contributed by atoms with van der Waals surface area (Å²) in [6, 6.07) is 16.0. The van der Waals surface area contributed by atoms with Crippen LogP contribution < -0.4 is 20.1 Å². The van der Waals surface area contributed by atoms with Crippen LogP contribution in [0.3, 0.4) is 0 Å². The van der Waals surface area contributed by atoms with E-state index in [0.717, 1.165) is 41.7 Å². The zero-order chi connectivity index (χ0) is 23.5. The van der Waals surface area contributed by atoms with Crippen LogP contribution in [-0.2, 0) is 26.6 Å². The van der Waals surface area contributed by atoms with Crippen LogP contribution in [0.5, 0.6) is 11.5 Å². The van der Waals surface area contributed by atoms with Gasteiger partial charge in [-0.05, 0) is 37.1 Å². The highest BCUT2D eigenvalue weighted by Gasteiger charge is 2.08. The van der Waals surface area contributed by atoms with Crippen LogP contribution in [-0.4, -0.2) is 41.0 Å². The monoisotopic (exact) mass is 448 g/mol. The van der Waals surface area contributed by atoms with Gasteiger partial charge in [0.05, 0.1) is 20.2 Å². The highest BCUT2D eigenvalue weighted by Crippen LogP contribution is 2.19. The van der Waals surface area contributed by atoms with Crippen molar-refractivity contribution in [2.45, 2.75) is 26.4 Å². The number of hydrogen-bond donors (Lipinski definition) is 2. The second kappa shape index (κ2) is 12.3. The average molecular weight is 449 g/mol. The molecule has 3 rings (SSSR count). The number of nitrogens with zero attached hydrogens (tertiary/aromatic N) is 4. The van der Waals surface area contributed by atoms with Gasteiger partial charge in [0.1, 0.15) is 23.9 Å². The molecule has 0 radical (unpaired) electrons. The van der Waals surface area contributed by atoms with Gasteiger partial charge in [-0.2, -0.15) is 0 Å². The van der Waals surface area contributed by atoms with Crippen molar-refractivity contribution >= 4 is 5.96 Å². The van der Waals surface area contributed by atoms with Crippen molar-refractivity contribution in [1.29, 1.82) is 0 Å². The number of hydrogen-bond acceptors (Lipinski definition) is 5. The Morgan fingerprint density at radius 3 is 2.61 bits per heavy atom. The molecule has 0 amide bonds. The number of aromatic nitrogens is 3. The topological polar surface area (TPSA) is 85.6 Å². The van der Waals surface area contributed by atoms with E-state index in [1.165, 1.54) is 5.56 Å². The molecule has 8 nitrogen and oxygen atoms in total. The standard InChI is InChI=1S/C25H32N6O2/c1-5-16-33-23-9-7-6-8-21(23)17-27-25(28-18-24-30-29-19(2)31(24)3)26-15-14-20-10-12-22(32-4)13-11-20/h5-13H,1,14-18H2,2-4H3,(H2,26,27,28). The Morgan fingerprint density at radius 1 is 1.12 bits per heavy atom. The first kappa shape index (κ1) is 23.8. The van der Waals surface area contributed by atoms with E-state index < -0.39 is 0 Å². The summed E-state index contributed by atoms with van der Waals surface area (Å²) in [5.74, 6) is 4.07. The fraction of sp³-hybridized carbons (Fsp3) is 0.320. The summed E-state index contributed by atoms with van der Waals surface area (Å²) in [4.78, 5) is 4.78. The molecule has 0 saturated carbocycles. The number of para-hydroxylation sites is 1. The molecule has 0 saturated heterocycles. The number of guanidine groups is 1. The maximum atomic E-state index is 5.76. The number of rotatable bonds is 11. The van der Waals surface area contributed by atoms with Gasteiger partial charge in [-0.3, -0.25) is 0 Å². The van der Waals surface area contributed by atoms with Crippen LogP contribution in [0.25, 0.3) is 0 Å². The number of ether oxygens (including phenoxy) is 2. The molecule has 174 valence electrons. The van der Waals surface area contributed by atoms with Gasteiger partial charge in [0.15, 0.2) is 11.8 Å². The van der Waals surface area contributed by atoms with Crippen molar-refractivity contribution in [3.63, 3.8) is 0 Å². The molecule has 2 aromatic carbocycles. The molecule has 8 heteroatoms. The third kappa shape index (κ3) is 7.10. The Labute approximate surface area is 195 Å². The maximum absolute atomic E-state index is 5.76.